The number of fused-ring (bicyclic) bond motifs is 1. The lowest BCUT2D eigenvalue weighted by Gasteiger charge is -2.38. The number of carbonyl (C=O) groups is 1. The van der Waals surface area contributed by atoms with Gasteiger partial charge in [-0.05, 0) is 29.8 Å². The summed E-state index contributed by atoms with van der Waals surface area (Å²) in [6.07, 6.45) is -3.83. The molecule has 7 heteroatoms. The van der Waals surface area contributed by atoms with Gasteiger partial charge in [0.15, 0.2) is 0 Å². The highest BCUT2D eigenvalue weighted by Crippen LogP contribution is 2.35. The van der Waals surface area contributed by atoms with Crippen molar-refractivity contribution in [3.05, 3.63) is 72.3 Å². The van der Waals surface area contributed by atoms with Gasteiger partial charge in [0.25, 0.3) is 5.91 Å². The summed E-state index contributed by atoms with van der Waals surface area (Å²) in [5.74, 6) is -0.0905. The average molecular weight is 362 g/mol. The zero-order valence-electron chi connectivity index (χ0n) is 13.8. The van der Waals surface area contributed by atoms with E-state index in [1.165, 1.54) is 6.07 Å². The van der Waals surface area contributed by atoms with Crippen LogP contribution in [-0.2, 0) is 0 Å². The topological polar surface area (TPSA) is 41.6 Å². The first-order chi connectivity index (χ1) is 12.4. The third-order valence-corrected chi connectivity index (χ3v) is 3.94. The monoisotopic (exact) mass is 362 g/mol. The quantitative estimate of drug-likeness (QED) is 0.803. The normalized spacial score (nSPS) is 16.7. The Kier molecular flexibility index (Phi) is 4.88. The fraction of sp³-hybridized carbons (Fsp3) is 0.211. The van der Waals surface area contributed by atoms with Crippen LogP contribution in [0.15, 0.2) is 61.2 Å². The highest BCUT2D eigenvalue weighted by molar-refractivity contribution is 6.01. The van der Waals surface area contributed by atoms with Crippen LogP contribution in [0.25, 0.3) is 0 Å². The molecule has 1 unspecified atom stereocenters. The largest absolute Gasteiger partial charge is 0.490 e. The molecule has 1 heterocycles. The molecule has 0 spiro atoms. The lowest BCUT2D eigenvalue weighted by atomic mass is 10.0. The number of halogens is 3. The molecule has 0 saturated carbocycles. The molecule has 1 N–H and O–H groups in total. The third kappa shape index (κ3) is 3.82. The minimum Gasteiger partial charge on any atom is -0.490 e. The van der Waals surface area contributed by atoms with Gasteiger partial charge in [-0.2, -0.15) is 13.2 Å². The van der Waals surface area contributed by atoms with Crippen LogP contribution in [0.2, 0.25) is 0 Å². The first-order valence-corrected chi connectivity index (χ1v) is 7.96. The van der Waals surface area contributed by atoms with Gasteiger partial charge in [-0.3, -0.25) is 4.79 Å². The number of amides is 1. The maximum atomic E-state index is 13.0. The standard InChI is InChI=1S/C19H17F3N2O2/c1-2-11-26-14-9-7-13(8-10-14)17-23-16-6-4-3-5-15(16)18(25)24(17)12-19(20,21)22/h2-10,17,23H,1,11-12H2. The fourth-order valence-electron chi connectivity index (χ4n) is 2.81. The number of ether oxygens (including phenoxy) is 1. The molecule has 1 atom stereocenters. The number of nitrogens with zero attached hydrogens (tertiary/aromatic N) is 1. The lowest BCUT2D eigenvalue weighted by molar-refractivity contribution is -0.144. The number of benzene rings is 2. The van der Waals surface area contributed by atoms with Crippen molar-refractivity contribution in [2.75, 3.05) is 18.5 Å². The van der Waals surface area contributed by atoms with E-state index in [0.29, 0.717) is 23.6 Å². The maximum Gasteiger partial charge on any atom is 0.406 e. The van der Waals surface area contributed by atoms with Gasteiger partial charge in [0.05, 0.1) is 5.56 Å². The Morgan fingerprint density at radius 3 is 2.50 bits per heavy atom. The third-order valence-electron chi connectivity index (χ3n) is 3.94. The predicted molar refractivity (Wildman–Crippen MR) is 92.0 cm³/mol. The molecule has 1 amide bonds. The molecule has 0 radical (unpaired) electrons. The highest BCUT2D eigenvalue weighted by atomic mass is 19.4. The number of rotatable bonds is 5. The molecule has 0 fully saturated rings. The SMILES string of the molecule is C=CCOc1ccc(C2Nc3ccccc3C(=O)N2CC(F)(F)F)cc1. The van der Waals surface area contributed by atoms with Crippen molar-refractivity contribution in [1.29, 1.82) is 0 Å². The van der Waals surface area contributed by atoms with Gasteiger partial charge in [-0.1, -0.05) is 36.9 Å². The average Bonchev–Trinajstić information content (AvgIpc) is 2.62. The van der Waals surface area contributed by atoms with Gasteiger partial charge in [0.1, 0.15) is 25.1 Å². The van der Waals surface area contributed by atoms with E-state index in [0.717, 1.165) is 4.90 Å². The van der Waals surface area contributed by atoms with Crippen LogP contribution in [0, 0.1) is 0 Å². The minimum absolute atomic E-state index is 0.221. The molecular weight excluding hydrogens is 345 g/mol. The molecule has 0 saturated heterocycles. The molecule has 4 nitrogen and oxygen atoms in total. The van der Waals surface area contributed by atoms with Crippen LogP contribution >= 0.6 is 0 Å². The van der Waals surface area contributed by atoms with Crippen molar-refractivity contribution in [3.63, 3.8) is 0 Å². The van der Waals surface area contributed by atoms with Gasteiger partial charge in [0.2, 0.25) is 0 Å². The molecule has 26 heavy (non-hydrogen) atoms. The first kappa shape index (κ1) is 17.8. The van der Waals surface area contributed by atoms with E-state index in [2.05, 4.69) is 11.9 Å². The molecule has 2 aromatic rings. The molecule has 0 aromatic heterocycles. The van der Waals surface area contributed by atoms with Crippen molar-refractivity contribution in [3.8, 4) is 5.75 Å². The summed E-state index contributed by atoms with van der Waals surface area (Å²) in [6.45, 7) is 2.54. The van der Waals surface area contributed by atoms with Crippen LogP contribution < -0.4 is 10.1 Å². The summed E-state index contributed by atoms with van der Waals surface area (Å²) in [5, 5.41) is 3.03. The van der Waals surface area contributed by atoms with Crippen LogP contribution in [0.5, 0.6) is 5.75 Å². The minimum atomic E-state index is -4.51. The Balaban J connectivity index is 1.94. The maximum absolute atomic E-state index is 13.0. The van der Waals surface area contributed by atoms with Crippen LogP contribution in [0.1, 0.15) is 22.1 Å². The second-order valence-electron chi connectivity index (χ2n) is 5.81. The number of hydrogen-bond donors (Lipinski definition) is 1. The summed E-state index contributed by atoms with van der Waals surface area (Å²) in [5.41, 5.74) is 1.26. The van der Waals surface area contributed by atoms with Gasteiger partial charge in [-0.25, -0.2) is 0 Å². The van der Waals surface area contributed by atoms with Crippen molar-refractivity contribution in [1.82, 2.24) is 4.90 Å². The Bertz CT molecular complexity index is 803. The van der Waals surface area contributed by atoms with E-state index in [-0.39, 0.29) is 5.56 Å². The van der Waals surface area contributed by atoms with Crippen molar-refractivity contribution in [2.24, 2.45) is 0 Å². The van der Waals surface area contributed by atoms with Crippen LogP contribution in [0.3, 0.4) is 0 Å². The lowest BCUT2D eigenvalue weighted by Crippen LogP contribution is -2.47. The zero-order chi connectivity index (χ0) is 18.7. The molecule has 136 valence electrons. The summed E-state index contributed by atoms with van der Waals surface area (Å²) < 4.78 is 44.5. The Morgan fingerprint density at radius 1 is 1.15 bits per heavy atom. The molecular formula is C19H17F3N2O2. The number of nitrogens with one attached hydrogen (secondary N) is 1. The molecule has 2 aromatic carbocycles. The number of alkyl halides is 3. The van der Waals surface area contributed by atoms with Gasteiger partial charge in [-0.15, -0.1) is 0 Å². The molecule has 0 bridgehead atoms. The Labute approximate surface area is 148 Å². The summed E-state index contributed by atoms with van der Waals surface area (Å²) in [7, 11) is 0. The predicted octanol–water partition coefficient (Wildman–Crippen LogP) is 4.38. The van der Waals surface area contributed by atoms with E-state index >= 15 is 0 Å². The molecule has 1 aliphatic heterocycles. The Hall–Kier alpha value is -2.96. The zero-order valence-corrected chi connectivity index (χ0v) is 13.8. The van der Waals surface area contributed by atoms with E-state index in [1.54, 1.807) is 48.5 Å². The van der Waals surface area contributed by atoms with E-state index in [1.807, 2.05) is 0 Å². The van der Waals surface area contributed by atoms with E-state index in [4.69, 9.17) is 4.74 Å². The van der Waals surface area contributed by atoms with Crippen molar-refractivity contribution < 1.29 is 22.7 Å². The number of para-hydroxylation sites is 1. The number of carbonyl (C=O) groups excluding carboxylic acids is 1. The second-order valence-corrected chi connectivity index (χ2v) is 5.81. The molecule has 0 aliphatic carbocycles. The van der Waals surface area contributed by atoms with E-state index in [9.17, 15) is 18.0 Å². The molecule has 1 aliphatic rings. The first-order valence-electron chi connectivity index (χ1n) is 7.96. The second kappa shape index (κ2) is 7.11. The summed E-state index contributed by atoms with van der Waals surface area (Å²) in [6, 6.07) is 13.1. The van der Waals surface area contributed by atoms with Gasteiger partial charge in [0, 0.05) is 5.69 Å². The summed E-state index contributed by atoms with van der Waals surface area (Å²) >= 11 is 0. The van der Waals surface area contributed by atoms with Crippen molar-refractivity contribution in [2.45, 2.75) is 12.3 Å². The highest BCUT2D eigenvalue weighted by Gasteiger charge is 2.40. The van der Waals surface area contributed by atoms with Crippen LogP contribution in [-0.4, -0.2) is 30.1 Å². The molecule has 3 rings (SSSR count). The Morgan fingerprint density at radius 2 is 1.85 bits per heavy atom. The fourth-order valence-corrected chi connectivity index (χ4v) is 2.81. The number of anilines is 1. The van der Waals surface area contributed by atoms with Crippen molar-refractivity contribution >= 4 is 11.6 Å². The number of hydrogen-bond acceptors (Lipinski definition) is 3. The van der Waals surface area contributed by atoms with Gasteiger partial charge >= 0.3 is 6.18 Å². The summed E-state index contributed by atoms with van der Waals surface area (Å²) in [4.78, 5) is 13.4. The van der Waals surface area contributed by atoms with E-state index < -0.39 is 24.8 Å². The smallest absolute Gasteiger partial charge is 0.406 e. The van der Waals surface area contributed by atoms with Crippen LogP contribution in [0.4, 0.5) is 18.9 Å². The van der Waals surface area contributed by atoms with Gasteiger partial charge < -0.3 is 15.0 Å².